The number of piperidine rings is 1. The number of hydrogen-bond acceptors (Lipinski definition) is 8. The van der Waals surface area contributed by atoms with E-state index >= 15 is 0 Å². The number of thioether (sulfide) groups is 1. The van der Waals surface area contributed by atoms with Gasteiger partial charge in [0.1, 0.15) is 23.0 Å². The van der Waals surface area contributed by atoms with Crippen LogP contribution >= 0.6 is 11.8 Å². The standard InChI is InChI=1S/C19H36N4O5S2/c24-13-15-19(25)18(14(28-15)12-21-30(26,27)17-5-3-11-29-17)23-9-7-22(8-10-23)16-4-1-2-6-20-16/h14-21,24-25H,1-13H2/p+1. The molecule has 9 nitrogen and oxygen atoms in total. The molecule has 4 saturated heterocycles. The second kappa shape index (κ2) is 10.3. The van der Waals surface area contributed by atoms with Gasteiger partial charge in [-0.25, -0.2) is 13.1 Å². The molecule has 6 unspecified atom stereocenters. The van der Waals surface area contributed by atoms with Crippen LogP contribution in [-0.2, 0) is 14.8 Å². The number of aliphatic hydroxyl groups is 2. The van der Waals surface area contributed by atoms with Crippen molar-refractivity contribution in [2.24, 2.45) is 0 Å². The summed E-state index contributed by atoms with van der Waals surface area (Å²) < 4.78 is 33.4. The van der Waals surface area contributed by atoms with E-state index in [1.54, 1.807) is 0 Å². The van der Waals surface area contributed by atoms with E-state index in [9.17, 15) is 18.6 Å². The van der Waals surface area contributed by atoms with E-state index in [0.29, 0.717) is 12.6 Å². The minimum atomic E-state index is -3.41. The average molecular weight is 466 g/mol. The zero-order chi connectivity index (χ0) is 21.1. The van der Waals surface area contributed by atoms with Crippen molar-refractivity contribution in [3.05, 3.63) is 0 Å². The molecule has 6 atom stereocenters. The fourth-order valence-electron chi connectivity index (χ4n) is 5.31. The van der Waals surface area contributed by atoms with Crippen molar-refractivity contribution in [2.75, 3.05) is 51.6 Å². The molecule has 0 aromatic rings. The van der Waals surface area contributed by atoms with E-state index in [2.05, 4.69) is 19.8 Å². The first-order chi connectivity index (χ1) is 14.5. The van der Waals surface area contributed by atoms with Gasteiger partial charge in [0.25, 0.3) is 0 Å². The molecule has 30 heavy (non-hydrogen) atoms. The molecule has 0 spiro atoms. The highest BCUT2D eigenvalue weighted by molar-refractivity contribution is 8.13. The van der Waals surface area contributed by atoms with Gasteiger partial charge >= 0.3 is 0 Å². The number of piperazine rings is 1. The fourth-order valence-corrected chi connectivity index (χ4v) is 8.50. The Morgan fingerprint density at radius 1 is 1.07 bits per heavy atom. The molecule has 0 aliphatic carbocycles. The molecule has 4 heterocycles. The van der Waals surface area contributed by atoms with Gasteiger partial charge in [0.2, 0.25) is 10.0 Å². The highest BCUT2D eigenvalue weighted by Crippen LogP contribution is 2.31. The largest absolute Gasteiger partial charge is 0.394 e. The molecule has 0 saturated carbocycles. The molecule has 4 aliphatic heterocycles. The first kappa shape index (κ1) is 23.2. The average Bonchev–Trinajstić information content (AvgIpc) is 3.42. The van der Waals surface area contributed by atoms with E-state index in [1.807, 2.05) is 0 Å². The summed E-state index contributed by atoms with van der Waals surface area (Å²) in [6.45, 7) is 4.56. The SMILES string of the molecule is O=S(=O)(NCC1OC(CO)C(O)C1N1CCN(C2CCCC[NH2+]2)CC1)C1CCCS1. The van der Waals surface area contributed by atoms with Gasteiger partial charge in [0.05, 0.1) is 25.3 Å². The Hall–Kier alpha value is 0.0200. The molecule has 11 heteroatoms. The van der Waals surface area contributed by atoms with Crippen molar-refractivity contribution >= 4 is 21.8 Å². The number of nitrogens with zero attached hydrogens (tertiary/aromatic N) is 2. The van der Waals surface area contributed by atoms with Crippen LogP contribution in [0.25, 0.3) is 0 Å². The van der Waals surface area contributed by atoms with Crippen LogP contribution in [0.1, 0.15) is 32.1 Å². The topological polar surface area (TPSA) is 119 Å². The summed E-state index contributed by atoms with van der Waals surface area (Å²) in [5.41, 5.74) is 0. The Bertz CT molecular complexity index is 649. The van der Waals surface area contributed by atoms with Crippen LogP contribution in [0.3, 0.4) is 0 Å². The predicted molar refractivity (Wildman–Crippen MR) is 116 cm³/mol. The lowest BCUT2D eigenvalue weighted by Gasteiger charge is -2.42. The van der Waals surface area contributed by atoms with Gasteiger partial charge in [-0.15, -0.1) is 11.8 Å². The van der Waals surface area contributed by atoms with Crippen molar-refractivity contribution in [3.8, 4) is 0 Å². The van der Waals surface area contributed by atoms with Gasteiger partial charge in [-0.1, -0.05) is 0 Å². The Balaban J connectivity index is 1.36. The third-order valence-electron chi connectivity index (χ3n) is 6.99. The lowest BCUT2D eigenvalue weighted by atomic mass is 10.0. The first-order valence-electron chi connectivity index (χ1n) is 11.4. The van der Waals surface area contributed by atoms with Crippen LogP contribution in [0.5, 0.6) is 0 Å². The number of sulfonamides is 1. The Morgan fingerprint density at radius 2 is 1.83 bits per heavy atom. The summed E-state index contributed by atoms with van der Waals surface area (Å²) in [7, 11) is -3.41. The Morgan fingerprint density at radius 3 is 2.47 bits per heavy atom. The molecule has 4 rings (SSSR count). The van der Waals surface area contributed by atoms with Crippen LogP contribution in [0.4, 0.5) is 0 Å². The highest BCUT2D eigenvalue weighted by Gasteiger charge is 2.47. The Labute approximate surface area is 183 Å². The maximum absolute atomic E-state index is 12.6. The van der Waals surface area contributed by atoms with Gasteiger partial charge in [-0.05, 0) is 31.4 Å². The van der Waals surface area contributed by atoms with E-state index in [0.717, 1.165) is 38.4 Å². The monoisotopic (exact) mass is 465 g/mol. The molecule has 0 bridgehead atoms. The van der Waals surface area contributed by atoms with Crippen molar-refractivity contribution in [3.63, 3.8) is 0 Å². The summed E-state index contributed by atoms with van der Waals surface area (Å²) in [5.74, 6) is 0.877. The maximum Gasteiger partial charge on any atom is 0.223 e. The second-order valence-corrected chi connectivity index (χ2v) is 12.4. The normalized spacial score (nSPS) is 39.5. The molecule has 174 valence electrons. The quantitative estimate of drug-likeness (QED) is 0.339. The van der Waals surface area contributed by atoms with E-state index < -0.39 is 32.9 Å². The van der Waals surface area contributed by atoms with Crippen LogP contribution < -0.4 is 10.0 Å². The second-order valence-electron chi connectivity index (χ2n) is 8.87. The first-order valence-corrected chi connectivity index (χ1v) is 13.9. The minimum Gasteiger partial charge on any atom is -0.394 e. The Kier molecular flexibility index (Phi) is 7.97. The number of quaternary nitrogens is 1. The zero-order valence-electron chi connectivity index (χ0n) is 17.6. The molecule has 0 aromatic heterocycles. The summed E-state index contributed by atoms with van der Waals surface area (Å²) in [6.07, 6.45) is 4.01. The van der Waals surface area contributed by atoms with Crippen LogP contribution in [0, 0.1) is 0 Å². The van der Waals surface area contributed by atoms with Gasteiger partial charge < -0.3 is 20.3 Å². The zero-order valence-corrected chi connectivity index (χ0v) is 19.2. The number of rotatable bonds is 7. The number of aliphatic hydroxyl groups excluding tert-OH is 2. The molecule has 0 amide bonds. The van der Waals surface area contributed by atoms with Gasteiger partial charge in [-0.2, -0.15) is 0 Å². The van der Waals surface area contributed by atoms with E-state index in [-0.39, 0.29) is 19.2 Å². The number of nitrogens with two attached hydrogens (primary N) is 1. The van der Waals surface area contributed by atoms with Crippen molar-refractivity contribution in [2.45, 2.75) is 67.2 Å². The smallest absolute Gasteiger partial charge is 0.223 e. The summed E-state index contributed by atoms with van der Waals surface area (Å²) in [5, 5.41) is 22.9. The van der Waals surface area contributed by atoms with Gasteiger partial charge in [0.15, 0.2) is 0 Å². The third kappa shape index (κ3) is 5.15. The molecule has 0 radical (unpaired) electrons. The van der Waals surface area contributed by atoms with Crippen molar-refractivity contribution in [1.82, 2.24) is 14.5 Å². The molecule has 4 aliphatic rings. The maximum atomic E-state index is 12.6. The lowest BCUT2D eigenvalue weighted by molar-refractivity contribution is -0.717. The van der Waals surface area contributed by atoms with E-state index in [1.165, 1.54) is 37.6 Å². The number of nitrogens with one attached hydrogen (secondary N) is 1. The summed E-state index contributed by atoms with van der Waals surface area (Å²) in [4.78, 5) is 4.75. The van der Waals surface area contributed by atoms with Crippen LogP contribution in [0.2, 0.25) is 0 Å². The van der Waals surface area contributed by atoms with Crippen molar-refractivity contribution < 1.29 is 28.7 Å². The van der Waals surface area contributed by atoms with Crippen molar-refractivity contribution in [1.29, 1.82) is 0 Å². The highest BCUT2D eigenvalue weighted by atomic mass is 32.3. The van der Waals surface area contributed by atoms with Crippen LogP contribution in [-0.4, -0.2) is 115 Å². The van der Waals surface area contributed by atoms with Crippen LogP contribution in [0.15, 0.2) is 0 Å². The molecule has 5 N–H and O–H groups in total. The number of hydrogen-bond donors (Lipinski definition) is 4. The third-order valence-corrected chi connectivity index (χ3v) is 10.8. The van der Waals surface area contributed by atoms with Gasteiger partial charge in [0, 0.05) is 39.1 Å². The fraction of sp³-hybridized carbons (Fsp3) is 1.00. The molecular weight excluding hydrogens is 428 g/mol. The minimum absolute atomic E-state index is 0.133. The lowest BCUT2D eigenvalue weighted by Crippen LogP contribution is -2.95. The number of ether oxygens (including phenoxy) is 1. The van der Waals surface area contributed by atoms with E-state index in [4.69, 9.17) is 4.74 Å². The summed E-state index contributed by atoms with van der Waals surface area (Å²) in [6, 6.07) is -0.307. The van der Waals surface area contributed by atoms with Gasteiger partial charge in [-0.3, -0.25) is 9.80 Å². The molecular formula is C19H37N4O5S2+. The predicted octanol–water partition coefficient (Wildman–Crippen LogP) is -2.06. The summed E-state index contributed by atoms with van der Waals surface area (Å²) >= 11 is 1.48. The molecule has 4 fully saturated rings. The molecule has 0 aromatic carbocycles.